The first kappa shape index (κ1) is 4.61. The largest absolute Gasteiger partial charge is 0.415 e. The molecule has 0 aromatic rings. The molecule has 0 spiro atoms. The topological polar surface area (TPSA) is 47.3 Å². The Morgan fingerprint density at radius 2 is 2.57 bits per heavy atom. The quantitative estimate of drug-likeness (QED) is 0.439. The molecule has 1 unspecified atom stereocenters. The zero-order chi connectivity index (χ0) is 5.33. The summed E-state index contributed by atoms with van der Waals surface area (Å²) in [7, 11) is 0. The first-order valence-corrected chi connectivity index (χ1v) is 2.10. The van der Waals surface area contributed by atoms with Crippen molar-refractivity contribution in [1.82, 2.24) is 5.48 Å². The molecule has 3 nitrogen and oxygen atoms in total. The van der Waals surface area contributed by atoms with Gasteiger partial charge in [-0.2, -0.15) is 0 Å². The number of hydrogen-bond donors (Lipinski definition) is 2. The molecule has 0 fully saturated rings. The molecule has 0 bridgehead atoms. The van der Waals surface area contributed by atoms with Crippen LogP contribution in [0.1, 0.15) is 6.92 Å². The van der Waals surface area contributed by atoms with E-state index in [2.05, 4.69) is 10.3 Å². The van der Waals surface area contributed by atoms with E-state index in [-0.39, 0.29) is 0 Å². The summed E-state index contributed by atoms with van der Waals surface area (Å²) >= 11 is 0. The Morgan fingerprint density at radius 3 is 2.71 bits per heavy atom. The highest BCUT2D eigenvalue weighted by Gasteiger charge is 2.17. The van der Waals surface area contributed by atoms with Gasteiger partial charge in [0, 0.05) is 0 Å². The van der Waals surface area contributed by atoms with Crippen LogP contribution >= 0.6 is 0 Å². The van der Waals surface area contributed by atoms with Crippen molar-refractivity contribution in [2.45, 2.75) is 12.6 Å². The predicted molar refractivity (Wildman–Crippen MR) is 26.0 cm³/mol. The lowest BCUT2D eigenvalue weighted by atomic mass is 10.2. The Kier molecular flexibility index (Phi) is 0.800. The molecular weight excluding hydrogens is 92.1 g/mol. The van der Waals surface area contributed by atoms with E-state index in [0.29, 0.717) is 0 Å². The Morgan fingerprint density at radius 1 is 1.86 bits per heavy atom. The molecule has 1 atom stereocenters. The minimum atomic E-state index is -0.458. The third-order valence-electron chi connectivity index (χ3n) is 0.761. The monoisotopic (exact) mass is 100 g/mol. The molecule has 1 aliphatic heterocycles. The Bertz CT molecular complexity index is 97.9. The van der Waals surface area contributed by atoms with Gasteiger partial charge in [0.05, 0.1) is 0 Å². The second-order valence-corrected chi connectivity index (χ2v) is 1.81. The SMILES string of the molecule is CC1(N)C=CON1. The zero-order valence-corrected chi connectivity index (χ0v) is 4.14. The summed E-state index contributed by atoms with van der Waals surface area (Å²) < 4.78 is 0. The van der Waals surface area contributed by atoms with Crippen LogP contribution in [-0.2, 0) is 4.84 Å². The van der Waals surface area contributed by atoms with Crippen LogP contribution in [0.2, 0.25) is 0 Å². The van der Waals surface area contributed by atoms with E-state index < -0.39 is 5.66 Å². The second-order valence-electron chi connectivity index (χ2n) is 1.81. The molecule has 1 heterocycles. The smallest absolute Gasteiger partial charge is 0.119 e. The van der Waals surface area contributed by atoms with E-state index in [0.717, 1.165) is 0 Å². The van der Waals surface area contributed by atoms with Gasteiger partial charge in [-0.1, -0.05) is 0 Å². The maximum absolute atomic E-state index is 5.45. The van der Waals surface area contributed by atoms with Crippen LogP contribution in [0, 0.1) is 0 Å². The number of nitrogens with two attached hydrogens (primary N) is 1. The van der Waals surface area contributed by atoms with Gasteiger partial charge in [0.25, 0.3) is 0 Å². The van der Waals surface area contributed by atoms with Gasteiger partial charge >= 0.3 is 0 Å². The van der Waals surface area contributed by atoms with E-state index in [1.807, 2.05) is 6.92 Å². The molecule has 3 N–H and O–H groups in total. The highest BCUT2D eigenvalue weighted by Crippen LogP contribution is 2.01. The number of hydroxylamine groups is 1. The molecule has 0 radical (unpaired) electrons. The van der Waals surface area contributed by atoms with Gasteiger partial charge in [-0.15, -0.1) is 5.48 Å². The summed E-state index contributed by atoms with van der Waals surface area (Å²) in [6.07, 6.45) is 3.27. The molecule has 0 saturated heterocycles. The Balaban J connectivity index is 2.57. The van der Waals surface area contributed by atoms with Crippen LogP contribution in [0.3, 0.4) is 0 Å². The molecule has 0 saturated carbocycles. The molecular formula is C4H8N2O. The van der Waals surface area contributed by atoms with Crippen LogP contribution in [0.4, 0.5) is 0 Å². The summed E-state index contributed by atoms with van der Waals surface area (Å²) in [4.78, 5) is 4.60. The van der Waals surface area contributed by atoms with Crippen molar-refractivity contribution in [3.05, 3.63) is 12.3 Å². The van der Waals surface area contributed by atoms with Crippen LogP contribution in [0.15, 0.2) is 12.3 Å². The minimum absolute atomic E-state index is 0.458. The summed E-state index contributed by atoms with van der Waals surface area (Å²) in [6.45, 7) is 1.82. The number of rotatable bonds is 0. The standard InChI is InChI=1S/C4H8N2O/c1-4(5)2-3-7-6-4/h2-3,6H,5H2,1H3. The highest BCUT2D eigenvalue weighted by atomic mass is 16.6. The first-order valence-electron chi connectivity index (χ1n) is 2.10. The molecule has 3 heteroatoms. The van der Waals surface area contributed by atoms with Crippen molar-refractivity contribution in [2.75, 3.05) is 0 Å². The van der Waals surface area contributed by atoms with E-state index in [1.54, 1.807) is 6.08 Å². The normalized spacial score (nSPS) is 38.6. The van der Waals surface area contributed by atoms with Gasteiger partial charge in [0.2, 0.25) is 0 Å². The Labute approximate surface area is 42.1 Å². The van der Waals surface area contributed by atoms with E-state index in [4.69, 9.17) is 5.73 Å². The molecule has 7 heavy (non-hydrogen) atoms. The molecule has 0 aromatic heterocycles. The fourth-order valence-electron chi connectivity index (χ4n) is 0.370. The lowest BCUT2D eigenvalue weighted by Gasteiger charge is -2.11. The number of hydrogen-bond acceptors (Lipinski definition) is 3. The van der Waals surface area contributed by atoms with Crippen LogP contribution in [-0.4, -0.2) is 5.66 Å². The van der Waals surface area contributed by atoms with Crippen LogP contribution in [0.5, 0.6) is 0 Å². The molecule has 0 aromatic carbocycles. The van der Waals surface area contributed by atoms with Gasteiger partial charge in [-0.05, 0) is 13.0 Å². The van der Waals surface area contributed by atoms with E-state index >= 15 is 0 Å². The second kappa shape index (κ2) is 1.21. The molecule has 1 rings (SSSR count). The average molecular weight is 100 g/mol. The maximum atomic E-state index is 5.45. The third kappa shape index (κ3) is 0.913. The van der Waals surface area contributed by atoms with Crippen molar-refractivity contribution < 1.29 is 4.84 Å². The molecule has 40 valence electrons. The number of nitrogens with one attached hydrogen (secondary N) is 1. The van der Waals surface area contributed by atoms with Gasteiger partial charge in [-0.3, -0.25) is 0 Å². The van der Waals surface area contributed by atoms with Gasteiger partial charge in [0.1, 0.15) is 11.9 Å². The third-order valence-corrected chi connectivity index (χ3v) is 0.761. The van der Waals surface area contributed by atoms with E-state index in [1.165, 1.54) is 6.26 Å². The molecule has 0 amide bonds. The van der Waals surface area contributed by atoms with Crippen LogP contribution in [0.25, 0.3) is 0 Å². The van der Waals surface area contributed by atoms with Crippen molar-refractivity contribution in [1.29, 1.82) is 0 Å². The Hall–Kier alpha value is -0.540. The predicted octanol–water partition coefficient (Wildman–Crippen LogP) is -0.290. The van der Waals surface area contributed by atoms with Gasteiger partial charge in [0.15, 0.2) is 0 Å². The van der Waals surface area contributed by atoms with Crippen molar-refractivity contribution in [3.63, 3.8) is 0 Å². The van der Waals surface area contributed by atoms with Crippen molar-refractivity contribution >= 4 is 0 Å². The maximum Gasteiger partial charge on any atom is 0.119 e. The lowest BCUT2D eigenvalue weighted by Crippen LogP contribution is -2.44. The first-order chi connectivity index (χ1) is 3.21. The summed E-state index contributed by atoms with van der Waals surface area (Å²) in [5.41, 5.74) is 7.56. The summed E-state index contributed by atoms with van der Waals surface area (Å²) in [5.74, 6) is 0. The van der Waals surface area contributed by atoms with Crippen molar-refractivity contribution in [3.8, 4) is 0 Å². The van der Waals surface area contributed by atoms with Crippen LogP contribution < -0.4 is 11.2 Å². The molecule has 0 aliphatic carbocycles. The lowest BCUT2D eigenvalue weighted by molar-refractivity contribution is 0.108. The van der Waals surface area contributed by atoms with E-state index in [9.17, 15) is 0 Å². The summed E-state index contributed by atoms with van der Waals surface area (Å²) in [6, 6.07) is 0. The van der Waals surface area contributed by atoms with Gasteiger partial charge < -0.3 is 10.6 Å². The van der Waals surface area contributed by atoms with Gasteiger partial charge in [-0.25, -0.2) is 0 Å². The fraction of sp³-hybridized carbons (Fsp3) is 0.500. The zero-order valence-electron chi connectivity index (χ0n) is 4.14. The minimum Gasteiger partial charge on any atom is -0.415 e. The molecule has 1 aliphatic rings. The highest BCUT2D eigenvalue weighted by molar-refractivity contribution is 4.98. The average Bonchev–Trinajstić information content (AvgIpc) is 1.84. The summed E-state index contributed by atoms with van der Waals surface area (Å²) in [5, 5.41) is 0. The van der Waals surface area contributed by atoms with Crippen molar-refractivity contribution in [2.24, 2.45) is 5.73 Å². The fourth-order valence-corrected chi connectivity index (χ4v) is 0.370.